The fraction of sp³-hybridized carbons (Fsp3) is 0.464. The van der Waals surface area contributed by atoms with Gasteiger partial charge in [0.15, 0.2) is 5.65 Å². The number of hydrogen-bond donors (Lipinski definition) is 2. The Morgan fingerprint density at radius 2 is 1.94 bits per heavy atom. The second kappa shape index (κ2) is 9.46. The Morgan fingerprint density at radius 1 is 1.17 bits per heavy atom. The minimum absolute atomic E-state index is 0.213. The molecule has 0 unspecified atom stereocenters. The number of likely N-dealkylation sites (tertiary alicyclic amines) is 1. The van der Waals surface area contributed by atoms with E-state index in [9.17, 15) is 4.79 Å². The minimum Gasteiger partial charge on any atom is -0.354 e. The molecule has 1 fully saturated rings. The molecule has 4 heterocycles. The van der Waals surface area contributed by atoms with E-state index in [0.717, 1.165) is 53.9 Å². The summed E-state index contributed by atoms with van der Waals surface area (Å²) in [5.74, 6) is 1.06. The number of amides is 1. The van der Waals surface area contributed by atoms with E-state index < -0.39 is 0 Å². The zero-order valence-electron chi connectivity index (χ0n) is 21.4. The SMILES string of the molecule is Cc1cc(-c2[nH]c3ccc(C4CCN(C(=O)CNC(C)C)CC4)cc3c2C(C)C)cn2ncnc12. The number of hydrogen-bond acceptors (Lipinski definition) is 4. The Hall–Kier alpha value is -3.19. The number of aromatic nitrogens is 4. The number of H-pyrrole nitrogens is 1. The third-order valence-corrected chi connectivity index (χ3v) is 7.27. The van der Waals surface area contributed by atoms with E-state index in [-0.39, 0.29) is 5.91 Å². The second-order valence-corrected chi connectivity index (χ2v) is 10.5. The van der Waals surface area contributed by atoms with Gasteiger partial charge in [-0.15, -0.1) is 0 Å². The number of aromatic amines is 1. The average molecular weight is 473 g/mol. The molecule has 35 heavy (non-hydrogen) atoms. The van der Waals surface area contributed by atoms with Crippen molar-refractivity contribution in [3.8, 4) is 11.3 Å². The van der Waals surface area contributed by atoms with Crippen LogP contribution in [0.4, 0.5) is 0 Å². The third-order valence-electron chi connectivity index (χ3n) is 7.27. The van der Waals surface area contributed by atoms with Crippen molar-refractivity contribution in [3.05, 3.63) is 53.5 Å². The molecule has 0 atom stereocenters. The Balaban J connectivity index is 1.42. The van der Waals surface area contributed by atoms with Gasteiger partial charge < -0.3 is 15.2 Å². The molecule has 2 N–H and O–H groups in total. The molecule has 0 radical (unpaired) electrons. The quantitative estimate of drug-likeness (QED) is 0.413. The van der Waals surface area contributed by atoms with E-state index in [0.29, 0.717) is 24.4 Å². The van der Waals surface area contributed by atoms with Crippen LogP contribution < -0.4 is 5.32 Å². The summed E-state index contributed by atoms with van der Waals surface area (Å²) in [4.78, 5) is 22.6. The van der Waals surface area contributed by atoms with Crippen molar-refractivity contribution in [1.29, 1.82) is 0 Å². The fourth-order valence-electron chi connectivity index (χ4n) is 5.41. The van der Waals surface area contributed by atoms with E-state index >= 15 is 0 Å². The predicted molar refractivity (Wildman–Crippen MR) is 141 cm³/mol. The smallest absolute Gasteiger partial charge is 0.236 e. The van der Waals surface area contributed by atoms with Crippen molar-refractivity contribution < 1.29 is 4.79 Å². The number of pyridine rings is 1. The normalized spacial score (nSPS) is 15.2. The first-order chi connectivity index (χ1) is 16.8. The highest BCUT2D eigenvalue weighted by Crippen LogP contribution is 2.38. The largest absolute Gasteiger partial charge is 0.354 e. The van der Waals surface area contributed by atoms with Crippen LogP contribution in [0.25, 0.3) is 27.8 Å². The van der Waals surface area contributed by atoms with Crippen molar-refractivity contribution in [2.45, 2.75) is 65.3 Å². The number of benzene rings is 1. The molecule has 0 aliphatic carbocycles. The number of nitrogens with zero attached hydrogens (tertiary/aromatic N) is 4. The molecule has 1 aliphatic heterocycles. The highest BCUT2D eigenvalue weighted by Gasteiger charge is 2.25. The van der Waals surface area contributed by atoms with Gasteiger partial charge in [0.2, 0.25) is 5.91 Å². The molecule has 1 amide bonds. The summed E-state index contributed by atoms with van der Waals surface area (Å²) in [5, 5.41) is 8.91. The topological polar surface area (TPSA) is 78.3 Å². The van der Waals surface area contributed by atoms with Crippen LogP contribution in [0.3, 0.4) is 0 Å². The van der Waals surface area contributed by atoms with Gasteiger partial charge in [-0.3, -0.25) is 4.79 Å². The standard InChI is InChI=1S/C28H36N6O/c1-17(2)26-23-13-21(20-8-10-33(11-9-20)25(35)14-29-18(3)4)6-7-24(23)32-27(26)22-12-19(5)28-30-16-31-34(28)15-22/h6-7,12-13,15-18,20,29,32H,8-11,14H2,1-5H3. The molecule has 3 aromatic heterocycles. The fourth-order valence-corrected chi connectivity index (χ4v) is 5.41. The van der Waals surface area contributed by atoms with E-state index in [2.05, 4.69) is 85.5 Å². The zero-order valence-corrected chi connectivity index (χ0v) is 21.4. The van der Waals surface area contributed by atoms with Crippen LogP contribution in [0.5, 0.6) is 0 Å². The lowest BCUT2D eigenvalue weighted by Crippen LogP contribution is -2.43. The number of nitrogens with one attached hydrogen (secondary N) is 2. The molecule has 7 nitrogen and oxygen atoms in total. The van der Waals surface area contributed by atoms with Crippen LogP contribution in [0.15, 0.2) is 36.8 Å². The molecule has 0 spiro atoms. The number of piperidine rings is 1. The summed E-state index contributed by atoms with van der Waals surface area (Å²) in [7, 11) is 0. The first kappa shape index (κ1) is 23.5. The summed E-state index contributed by atoms with van der Waals surface area (Å²) in [6.07, 6.45) is 5.69. The molecule has 1 aliphatic rings. The number of fused-ring (bicyclic) bond motifs is 2. The Bertz CT molecular complexity index is 1360. The van der Waals surface area contributed by atoms with Crippen molar-refractivity contribution in [1.82, 2.24) is 29.8 Å². The van der Waals surface area contributed by atoms with Crippen LogP contribution >= 0.6 is 0 Å². The Morgan fingerprint density at radius 3 is 2.66 bits per heavy atom. The lowest BCUT2D eigenvalue weighted by Gasteiger charge is -2.32. The van der Waals surface area contributed by atoms with Crippen LogP contribution in [0.1, 0.15) is 69.1 Å². The first-order valence-corrected chi connectivity index (χ1v) is 12.8. The van der Waals surface area contributed by atoms with E-state index in [1.54, 1.807) is 6.33 Å². The first-order valence-electron chi connectivity index (χ1n) is 12.8. The molecule has 1 saturated heterocycles. The number of rotatable bonds is 6. The number of carbonyl (C=O) groups excluding carboxylic acids is 1. The summed E-state index contributed by atoms with van der Waals surface area (Å²) in [6.45, 7) is 12.8. The molecular weight excluding hydrogens is 436 g/mol. The van der Waals surface area contributed by atoms with Gasteiger partial charge in [-0.05, 0) is 66.5 Å². The maximum absolute atomic E-state index is 12.5. The van der Waals surface area contributed by atoms with Gasteiger partial charge >= 0.3 is 0 Å². The van der Waals surface area contributed by atoms with E-state index in [4.69, 9.17) is 0 Å². The van der Waals surface area contributed by atoms with Gasteiger partial charge in [0, 0.05) is 41.8 Å². The predicted octanol–water partition coefficient (Wildman–Crippen LogP) is 5.01. The maximum Gasteiger partial charge on any atom is 0.236 e. The third kappa shape index (κ3) is 4.57. The minimum atomic E-state index is 0.213. The van der Waals surface area contributed by atoms with Crippen LogP contribution in [-0.4, -0.2) is 56.1 Å². The summed E-state index contributed by atoms with van der Waals surface area (Å²) in [5.41, 5.74) is 8.17. The second-order valence-electron chi connectivity index (χ2n) is 10.5. The molecule has 0 bridgehead atoms. The molecule has 0 saturated carbocycles. The monoisotopic (exact) mass is 472 g/mol. The molecule has 5 rings (SSSR count). The summed E-state index contributed by atoms with van der Waals surface area (Å²) >= 11 is 0. The van der Waals surface area contributed by atoms with Crippen molar-refractivity contribution in [2.75, 3.05) is 19.6 Å². The van der Waals surface area contributed by atoms with Gasteiger partial charge in [-0.1, -0.05) is 33.8 Å². The van der Waals surface area contributed by atoms with Crippen molar-refractivity contribution in [2.24, 2.45) is 0 Å². The maximum atomic E-state index is 12.5. The highest BCUT2D eigenvalue weighted by molar-refractivity contribution is 5.92. The van der Waals surface area contributed by atoms with Crippen LogP contribution in [0.2, 0.25) is 0 Å². The van der Waals surface area contributed by atoms with Crippen molar-refractivity contribution in [3.63, 3.8) is 0 Å². The lowest BCUT2D eigenvalue weighted by molar-refractivity contribution is -0.131. The molecular formula is C28H36N6O. The van der Waals surface area contributed by atoms with E-state index in [1.807, 2.05) is 9.42 Å². The molecule has 7 heteroatoms. The Kier molecular flexibility index (Phi) is 6.36. The number of carbonyl (C=O) groups is 1. The highest BCUT2D eigenvalue weighted by atomic mass is 16.2. The summed E-state index contributed by atoms with van der Waals surface area (Å²) < 4.78 is 1.86. The van der Waals surface area contributed by atoms with Crippen molar-refractivity contribution >= 4 is 22.5 Å². The average Bonchev–Trinajstić information content (AvgIpc) is 3.47. The number of aryl methyl sites for hydroxylation is 1. The van der Waals surface area contributed by atoms with Gasteiger partial charge in [0.25, 0.3) is 0 Å². The van der Waals surface area contributed by atoms with Crippen LogP contribution in [0, 0.1) is 6.92 Å². The molecule has 1 aromatic carbocycles. The lowest BCUT2D eigenvalue weighted by atomic mass is 9.87. The Labute approximate surface area is 206 Å². The van der Waals surface area contributed by atoms with Gasteiger partial charge in [0.05, 0.1) is 12.2 Å². The molecule has 4 aromatic rings. The zero-order chi connectivity index (χ0) is 24.7. The summed E-state index contributed by atoms with van der Waals surface area (Å²) in [6, 6.07) is 9.40. The van der Waals surface area contributed by atoms with Gasteiger partial charge in [0.1, 0.15) is 6.33 Å². The molecule has 184 valence electrons. The van der Waals surface area contributed by atoms with E-state index in [1.165, 1.54) is 16.5 Å². The van der Waals surface area contributed by atoms with Gasteiger partial charge in [-0.2, -0.15) is 5.10 Å². The van der Waals surface area contributed by atoms with Gasteiger partial charge in [-0.25, -0.2) is 9.50 Å². The van der Waals surface area contributed by atoms with Crippen LogP contribution in [-0.2, 0) is 4.79 Å².